The van der Waals surface area contributed by atoms with Gasteiger partial charge < -0.3 is 19.5 Å². The van der Waals surface area contributed by atoms with E-state index < -0.39 is 0 Å². The number of nitrogens with zero attached hydrogens (tertiary/aromatic N) is 5. The summed E-state index contributed by atoms with van der Waals surface area (Å²) < 4.78 is 11.3. The Labute approximate surface area is 186 Å². The number of anilines is 2. The van der Waals surface area contributed by atoms with E-state index in [4.69, 9.17) is 9.47 Å². The van der Waals surface area contributed by atoms with Gasteiger partial charge in [-0.3, -0.25) is 10.4 Å². The maximum atomic E-state index is 9.29. The van der Waals surface area contributed by atoms with Crippen LogP contribution in [0.4, 0.5) is 11.6 Å². The third kappa shape index (κ3) is 6.22. The highest BCUT2D eigenvalue weighted by Gasteiger charge is 2.15. The molecule has 1 fully saturated rings. The lowest BCUT2D eigenvalue weighted by Crippen LogP contribution is -2.36. The van der Waals surface area contributed by atoms with Crippen molar-refractivity contribution in [3.8, 4) is 6.01 Å². The Bertz CT molecular complexity index is 1030. The number of pyridine rings is 1. The van der Waals surface area contributed by atoms with Crippen LogP contribution in [0.2, 0.25) is 0 Å². The molecule has 2 aromatic heterocycles. The maximum absolute atomic E-state index is 9.29. The van der Waals surface area contributed by atoms with Crippen molar-refractivity contribution in [1.82, 2.24) is 15.0 Å². The number of morpholine rings is 1. The Morgan fingerprint density at radius 3 is 2.84 bits per heavy atom. The molecule has 0 bridgehead atoms. The Morgan fingerprint density at radius 1 is 1.12 bits per heavy atom. The summed E-state index contributed by atoms with van der Waals surface area (Å²) in [5, 5.41) is 13.6. The zero-order chi connectivity index (χ0) is 22.0. The number of aliphatic hydroxyl groups excluding tert-OH is 1. The van der Waals surface area contributed by atoms with E-state index in [-0.39, 0.29) is 12.6 Å². The number of hydrogen-bond donors (Lipinski definition) is 2. The predicted molar refractivity (Wildman–Crippen MR) is 122 cm³/mol. The quantitative estimate of drug-likeness (QED) is 0.390. The van der Waals surface area contributed by atoms with Gasteiger partial charge in [0.25, 0.3) is 0 Å². The van der Waals surface area contributed by atoms with Crippen LogP contribution in [0, 0.1) is 0 Å². The van der Waals surface area contributed by atoms with Crippen molar-refractivity contribution in [1.29, 1.82) is 0 Å². The fraction of sp³-hybridized carbons (Fsp3) is 0.304. The summed E-state index contributed by atoms with van der Waals surface area (Å²) in [6.45, 7) is 3.22. The van der Waals surface area contributed by atoms with E-state index in [0.717, 1.165) is 35.7 Å². The van der Waals surface area contributed by atoms with Gasteiger partial charge in [-0.1, -0.05) is 24.3 Å². The number of rotatable bonds is 9. The van der Waals surface area contributed by atoms with E-state index in [1.165, 1.54) is 0 Å². The van der Waals surface area contributed by atoms with Gasteiger partial charge >= 0.3 is 6.01 Å². The van der Waals surface area contributed by atoms with Gasteiger partial charge in [-0.15, -0.1) is 0 Å². The van der Waals surface area contributed by atoms with Crippen LogP contribution in [-0.4, -0.2) is 59.2 Å². The number of hydrogen-bond acceptors (Lipinski definition) is 9. The molecule has 9 heteroatoms. The highest BCUT2D eigenvalue weighted by Crippen LogP contribution is 2.21. The SMILES string of the molecule is OCc1cccc(C=NNc2cc(N3CCOCC3)nc(OCCc3ccccn3)n2)c1. The van der Waals surface area contributed by atoms with E-state index in [1.807, 2.05) is 48.5 Å². The molecule has 2 N–H and O–H groups in total. The van der Waals surface area contributed by atoms with Gasteiger partial charge in [-0.25, -0.2) is 0 Å². The molecule has 1 aliphatic heterocycles. The standard InChI is InChI=1S/C23H26N6O3/c30-17-19-5-3-4-18(14-19)16-25-28-21-15-22(29-9-12-31-13-10-29)27-23(26-21)32-11-7-20-6-1-2-8-24-20/h1-6,8,14-16,30H,7,9-13,17H2,(H,26,27,28). The lowest BCUT2D eigenvalue weighted by atomic mass is 10.1. The van der Waals surface area contributed by atoms with Gasteiger partial charge in [0.2, 0.25) is 0 Å². The third-order valence-electron chi connectivity index (χ3n) is 4.87. The Kier molecular flexibility index (Phi) is 7.56. The molecule has 0 aliphatic carbocycles. The molecule has 1 aliphatic rings. The molecule has 0 unspecified atom stereocenters. The van der Waals surface area contributed by atoms with Crippen LogP contribution in [0.15, 0.2) is 59.8 Å². The second-order valence-corrected chi connectivity index (χ2v) is 7.19. The zero-order valence-electron chi connectivity index (χ0n) is 17.7. The molecule has 3 heterocycles. The summed E-state index contributed by atoms with van der Waals surface area (Å²) in [6, 6.07) is 15.4. The summed E-state index contributed by atoms with van der Waals surface area (Å²) in [5.74, 6) is 1.29. The van der Waals surface area contributed by atoms with Crippen molar-refractivity contribution < 1.29 is 14.6 Å². The van der Waals surface area contributed by atoms with E-state index in [1.54, 1.807) is 12.4 Å². The lowest BCUT2D eigenvalue weighted by molar-refractivity contribution is 0.122. The van der Waals surface area contributed by atoms with Crippen molar-refractivity contribution in [3.63, 3.8) is 0 Å². The minimum atomic E-state index is -0.0108. The highest BCUT2D eigenvalue weighted by atomic mass is 16.5. The smallest absolute Gasteiger partial charge is 0.320 e. The molecule has 0 atom stereocenters. The van der Waals surface area contributed by atoms with Crippen molar-refractivity contribution in [2.45, 2.75) is 13.0 Å². The van der Waals surface area contributed by atoms with Crippen LogP contribution in [0.25, 0.3) is 0 Å². The molecule has 0 radical (unpaired) electrons. The number of aromatic nitrogens is 3. The van der Waals surface area contributed by atoms with Crippen LogP contribution in [0.5, 0.6) is 6.01 Å². The average molecular weight is 435 g/mol. The van der Waals surface area contributed by atoms with Gasteiger partial charge in [0.1, 0.15) is 5.82 Å². The van der Waals surface area contributed by atoms with Gasteiger partial charge in [0.15, 0.2) is 5.82 Å². The van der Waals surface area contributed by atoms with Gasteiger partial charge in [0.05, 0.1) is 32.6 Å². The Hall–Kier alpha value is -3.56. The molecule has 9 nitrogen and oxygen atoms in total. The van der Waals surface area contributed by atoms with E-state index in [0.29, 0.717) is 32.1 Å². The fourth-order valence-corrected chi connectivity index (χ4v) is 3.23. The molecule has 0 saturated carbocycles. The maximum Gasteiger partial charge on any atom is 0.320 e. The molecule has 3 aromatic rings. The number of hydrazone groups is 1. The first-order valence-corrected chi connectivity index (χ1v) is 10.5. The molecular weight excluding hydrogens is 408 g/mol. The number of aliphatic hydroxyl groups is 1. The average Bonchev–Trinajstić information content (AvgIpc) is 2.85. The summed E-state index contributed by atoms with van der Waals surface area (Å²) in [7, 11) is 0. The van der Waals surface area contributed by atoms with Crippen LogP contribution in [0.1, 0.15) is 16.8 Å². The highest BCUT2D eigenvalue weighted by molar-refractivity contribution is 5.80. The number of nitrogens with one attached hydrogen (secondary N) is 1. The first-order valence-electron chi connectivity index (χ1n) is 10.5. The monoisotopic (exact) mass is 434 g/mol. The van der Waals surface area contributed by atoms with Crippen LogP contribution < -0.4 is 15.1 Å². The third-order valence-corrected chi connectivity index (χ3v) is 4.87. The van der Waals surface area contributed by atoms with Crippen molar-refractivity contribution in [2.75, 3.05) is 43.2 Å². The molecule has 166 valence electrons. The van der Waals surface area contributed by atoms with Crippen molar-refractivity contribution >= 4 is 17.9 Å². The zero-order valence-corrected chi connectivity index (χ0v) is 17.7. The van der Waals surface area contributed by atoms with Crippen LogP contribution in [0.3, 0.4) is 0 Å². The molecule has 0 amide bonds. The number of benzene rings is 1. The van der Waals surface area contributed by atoms with Gasteiger partial charge in [-0.2, -0.15) is 15.1 Å². The van der Waals surface area contributed by atoms with Crippen molar-refractivity contribution in [2.24, 2.45) is 5.10 Å². The predicted octanol–water partition coefficient (Wildman–Crippen LogP) is 2.27. The van der Waals surface area contributed by atoms with E-state index in [9.17, 15) is 5.11 Å². The van der Waals surface area contributed by atoms with Crippen molar-refractivity contribution in [3.05, 3.63) is 71.5 Å². The lowest BCUT2D eigenvalue weighted by Gasteiger charge is -2.28. The van der Waals surface area contributed by atoms with Crippen LogP contribution >= 0.6 is 0 Å². The second kappa shape index (κ2) is 11.2. The van der Waals surface area contributed by atoms with E-state index >= 15 is 0 Å². The summed E-state index contributed by atoms with van der Waals surface area (Å²) in [4.78, 5) is 15.5. The number of ether oxygens (including phenoxy) is 2. The summed E-state index contributed by atoms with van der Waals surface area (Å²) in [5.41, 5.74) is 5.61. The first-order chi connectivity index (χ1) is 15.8. The summed E-state index contributed by atoms with van der Waals surface area (Å²) >= 11 is 0. The minimum absolute atomic E-state index is 0.0108. The topological polar surface area (TPSA) is 105 Å². The minimum Gasteiger partial charge on any atom is -0.463 e. The Balaban J connectivity index is 1.46. The molecule has 4 rings (SSSR count). The normalized spacial score (nSPS) is 14.0. The fourth-order valence-electron chi connectivity index (χ4n) is 3.23. The molecule has 0 spiro atoms. The summed E-state index contributed by atoms with van der Waals surface area (Å²) in [6.07, 6.45) is 4.10. The molecular formula is C23H26N6O3. The Morgan fingerprint density at radius 2 is 2.03 bits per heavy atom. The molecule has 1 aromatic carbocycles. The van der Waals surface area contributed by atoms with Gasteiger partial charge in [0, 0.05) is 37.5 Å². The second-order valence-electron chi connectivity index (χ2n) is 7.19. The van der Waals surface area contributed by atoms with E-state index in [2.05, 4.69) is 30.4 Å². The van der Waals surface area contributed by atoms with Gasteiger partial charge in [-0.05, 0) is 29.3 Å². The molecule has 1 saturated heterocycles. The largest absolute Gasteiger partial charge is 0.463 e. The first kappa shape index (κ1) is 21.7. The molecule has 32 heavy (non-hydrogen) atoms. The van der Waals surface area contributed by atoms with Crippen LogP contribution in [-0.2, 0) is 17.8 Å².